The lowest BCUT2D eigenvalue weighted by Gasteiger charge is -2.31. The number of carbonyl (C=O) groups excluding carboxylic acids is 1. The first-order valence-electron chi connectivity index (χ1n) is 9.28. The Balaban J connectivity index is 1.60. The number of sulfone groups is 1. The van der Waals surface area contributed by atoms with E-state index < -0.39 is 15.1 Å². The van der Waals surface area contributed by atoms with Crippen LogP contribution in [-0.4, -0.2) is 30.1 Å². The van der Waals surface area contributed by atoms with Gasteiger partial charge in [0.25, 0.3) is 0 Å². The molecule has 3 unspecified atom stereocenters. The zero-order chi connectivity index (χ0) is 20.1. The minimum absolute atomic E-state index is 0.0253. The second-order valence-corrected chi connectivity index (χ2v) is 9.95. The van der Waals surface area contributed by atoms with Crippen molar-refractivity contribution in [2.75, 3.05) is 5.32 Å². The molecule has 6 nitrogen and oxygen atoms in total. The molecule has 1 heterocycles. The number of urea groups is 1. The number of amides is 2. The van der Waals surface area contributed by atoms with E-state index in [1.807, 2.05) is 13.0 Å². The number of carbonyl (C=O) groups is 1. The second kappa shape index (κ2) is 8.92. The number of rotatable bonds is 5. The Bertz CT molecular complexity index is 904. The number of hydrogen-bond acceptors (Lipinski definition) is 4. The molecule has 1 aromatic carbocycles. The zero-order valence-corrected chi connectivity index (χ0v) is 17.2. The van der Waals surface area contributed by atoms with Gasteiger partial charge in [-0.25, -0.2) is 13.2 Å². The maximum atomic E-state index is 12.9. The first-order valence-corrected chi connectivity index (χ1v) is 11.3. The highest BCUT2D eigenvalue weighted by molar-refractivity contribution is 7.92. The van der Waals surface area contributed by atoms with E-state index in [1.165, 1.54) is 0 Å². The highest BCUT2D eigenvalue weighted by atomic mass is 35.5. The van der Waals surface area contributed by atoms with Crippen molar-refractivity contribution < 1.29 is 13.2 Å². The van der Waals surface area contributed by atoms with Crippen molar-refractivity contribution in [3.63, 3.8) is 0 Å². The molecule has 3 atom stereocenters. The Kier molecular flexibility index (Phi) is 6.57. The standard InChI is InChI=1S/C20H24ClN3O3S/c1-14-11-16(21)4-9-19(14)28(26,27)18-7-5-17(6-8-18)24-20(25)23-13-15-3-2-10-22-12-15/h2-3,5-8,10,12,14,16,19H,4,9,11,13H2,1H3,(H2,23,24,25). The summed E-state index contributed by atoms with van der Waals surface area (Å²) < 4.78 is 25.9. The summed E-state index contributed by atoms with van der Waals surface area (Å²) in [4.78, 5) is 16.3. The van der Waals surface area contributed by atoms with Crippen molar-refractivity contribution in [2.24, 2.45) is 5.92 Å². The lowest BCUT2D eigenvalue weighted by atomic mass is 9.90. The van der Waals surface area contributed by atoms with Crippen LogP contribution in [0, 0.1) is 5.92 Å². The smallest absolute Gasteiger partial charge is 0.319 e. The van der Waals surface area contributed by atoms with Gasteiger partial charge in [-0.15, -0.1) is 11.6 Å². The quantitative estimate of drug-likeness (QED) is 0.715. The minimum Gasteiger partial charge on any atom is -0.334 e. The largest absolute Gasteiger partial charge is 0.334 e. The molecular formula is C20H24ClN3O3S. The lowest BCUT2D eigenvalue weighted by Crippen LogP contribution is -2.34. The number of benzene rings is 1. The molecule has 1 aliphatic carbocycles. The van der Waals surface area contributed by atoms with Crippen LogP contribution in [0.4, 0.5) is 10.5 Å². The topological polar surface area (TPSA) is 88.2 Å². The molecule has 1 aliphatic rings. The molecule has 1 fully saturated rings. The van der Waals surface area contributed by atoms with Gasteiger partial charge < -0.3 is 10.6 Å². The molecule has 0 radical (unpaired) electrons. The monoisotopic (exact) mass is 421 g/mol. The molecule has 1 aromatic heterocycles. The third kappa shape index (κ3) is 5.02. The molecule has 0 bridgehead atoms. The predicted octanol–water partition coefficient (Wildman–Crippen LogP) is 3.97. The number of hydrogen-bond donors (Lipinski definition) is 2. The van der Waals surface area contributed by atoms with Crippen molar-refractivity contribution in [1.29, 1.82) is 0 Å². The Labute approximate surface area is 170 Å². The van der Waals surface area contributed by atoms with Crippen molar-refractivity contribution in [3.05, 3.63) is 54.4 Å². The molecule has 0 spiro atoms. The number of nitrogens with one attached hydrogen (secondary N) is 2. The summed E-state index contributed by atoms with van der Waals surface area (Å²) in [5.74, 6) is 0.0253. The summed E-state index contributed by atoms with van der Waals surface area (Å²) >= 11 is 6.16. The van der Waals surface area contributed by atoms with E-state index in [0.29, 0.717) is 31.5 Å². The van der Waals surface area contributed by atoms with Gasteiger partial charge in [0.05, 0.1) is 10.1 Å². The van der Waals surface area contributed by atoms with Crippen molar-refractivity contribution >= 4 is 33.2 Å². The summed E-state index contributed by atoms with van der Waals surface area (Å²) in [5, 5.41) is 5.08. The van der Waals surface area contributed by atoms with E-state index in [0.717, 1.165) is 5.56 Å². The van der Waals surface area contributed by atoms with Gasteiger partial charge in [0.15, 0.2) is 9.84 Å². The third-order valence-corrected chi connectivity index (χ3v) is 7.86. The highest BCUT2D eigenvalue weighted by Crippen LogP contribution is 2.35. The lowest BCUT2D eigenvalue weighted by molar-refractivity contribution is 0.251. The van der Waals surface area contributed by atoms with Gasteiger partial charge in [-0.1, -0.05) is 13.0 Å². The fourth-order valence-corrected chi connectivity index (χ4v) is 5.97. The molecular weight excluding hydrogens is 398 g/mol. The molecule has 28 heavy (non-hydrogen) atoms. The van der Waals surface area contributed by atoms with Crippen LogP contribution < -0.4 is 10.6 Å². The van der Waals surface area contributed by atoms with Crippen LogP contribution >= 0.6 is 11.6 Å². The normalized spacial score (nSPS) is 22.4. The van der Waals surface area contributed by atoms with Gasteiger partial charge in [0.1, 0.15) is 0 Å². The summed E-state index contributed by atoms with van der Waals surface area (Å²) in [7, 11) is -3.42. The molecule has 8 heteroatoms. The molecule has 2 N–H and O–H groups in total. The number of pyridine rings is 1. The first kappa shape index (κ1) is 20.6. The van der Waals surface area contributed by atoms with Gasteiger partial charge in [0.2, 0.25) is 0 Å². The number of anilines is 1. The van der Waals surface area contributed by atoms with Crippen molar-refractivity contribution in [3.8, 4) is 0 Å². The maximum Gasteiger partial charge on any atom is 0.319 e. The average molecular weight is 422 g/mol. The van der Waals surface area contributed by atoms with Crippen LogP contribution in [0.25, 0.3) is 0 Å². The summed E-state index contributed by atoms with van der Waals surface area (Å²) in [6.07, 6.45) is 5.35. The van der Waals surface area contributed by atoms with Crippen LogP contribution in [-0.2, 0) is 16.4 Å². The molecule has 0 aliphatic heterocycles. The molecule has 150 valence electrons. The molecule has 1 saturated carbocycles. The highest BCUT2D eigenvalue weighted by Gasteiger charge is 2.36. The van der Waals surface area contributed by atoms with Crippen molar-refractivity contribution in [1.82, 2.24) is 10.3 Å². The van der Waals surface area contributed by atoms with Gasteiger partial charge in [-0.3, -0.25) is 4.98 Å². The summed E-state index contributed by atoms with van der Waals surface area (Å²) in [6.45, 7) is 2.30. The number of aromatic nitrogens is 1. The van der Waals surface area contributed by atoms with Crippen LogP contribution in [0.5, 0.6) is 0 Å². The minimum atomic E-state index is -3.42. The zero-order valence-electron chi connectivity index (χ0n) is 15.6. The van der Waals surface area contributed by atoms with Crippen LogP contribution in [0.3, 0.4) is 0 Å². The Morgan fingerprint density at radius 1 is 1.21 bits per heavy atom. The second-order valence-electron chi connectivity index (χ2n) is 7.16. The molecule has 3 rings (SSSR count). The number of halogens is 1. The molecule has 0 saturated heterocycles. The molecule has 2 aromatic rings. The van der Waals surface area contributed by atoms with E-state index in [9.17, 15) is 13.2 Å². The summed E-state index contributed by atoms with van der Waals surface area (Å²) in [6, 6.07) is 9.61. The SMILES string of the molecule is CC1CC(Cl)CCC1S(=O)(=O)c1ccc(NC(=O)NCc2cccnc2)cc1. The van der Waals surface area contributed by atoms with Crippen LogP contribution in [0.15, 0.2) is 53.7 Å². The summed E-state index contributed by atoms with van der Waals surface area (Å²) in [5.41, 5.74) is 1.42. The molecule has 2 amide bonds. The Morgan fingerprint density at radius 2 is 1.96 bits per heavy atom. The third-order valence-electron chi connectivity index (χ3n) is 5.04. The fourth-order valence-electron chi connectivity index (χ4n) is 3.53. The maximum absolute atomic E-state index is 12.9. The van der Waals surface area contributed by atoms with Crippen LogP contribution in [0.1, 0.15) is 31.7 Å². The van der Waals surface area contributed by atoms with E-state index in [4.69, 9.17) is 11.6 Å². The van der Waals surface area contributed by atoms with E-state index in [-0.39, 0.29) is 22.2 Å². The van der Waals surface area contributed by atoms with Gasteiger partial charge in [-0.2, -0.15) is 0 Å². The van der Waals surface area contributed by atoms with Gasteiger partial charge >= 0.3 is 6.03 Å². The predicted molar refractivity (Wildman–Crippen MR) is 110 cm³/mol. The average Bonchev–Trinajstić information content (AvgIpc) is 2.67. The van der Waals surface area contributed by atoms with E-state index in [1.54, 1.807) is 42.7 Å². The Morgan fingerprint density at radius 3 is 2.61 bits per heavy atom. The van der Waals surface area contributed by atoms with Gasteiger partial charge in [-0.05, 0) is 61.1 Å². The van der Waals surface area contributed by atoms with Crippen LogP contribution in [0.2, 0.25) is 0 Å². The fraction of sp³-hybridized carbons (Fsp3) is 0.400. The number of alkyl halides is 1. The van der Waals surface area contributed by atoms with Gasteiger partial charge in [0, 0.05) is 30.0 Å². The first-order chi connectivity index (χ1) is 13.4. The van der Waals surface area contributed by atoms with E-state index >= 15 is 0 Å². The van der Waals surface area contributed by atoms with Crippen molar-refractivity contribution in [2.45, 2.75) is 48.3 Å². The number of nitrogens with zero attached hydrogens (tertiary/aromatic N) is 1. The Hall–Kier alpha value is -2.12. The van der Waals surface area contributed by atoms with E-state index in [2.05, 4.69) is 15.6 Å².